The Morgan fingerprint density at radius 2 is 1.94 bits per heavy atom. The van der Waals surface area contributed by atoms with E-state index < -0.39 is 11.9 Å². The molecule has 0 unspecified atom stereocenters. The quantitative estimate of drug-likeness (QED) is 0.801. The van der Waals surface area contributed by atoms with Crippen molar-refractivity contribution in [1.29, 1.82) is 0 Å². The van der Waals surface area contributed by atoms with Crippen molar-refractivity contribution >= 4 is 32.5 Å². The third-order valence-corrected chi connectivity index (χ3v) is 3.08. The fourth-order valence-corrected chi connectivity index (χ4v) is 2.08. The van der Waals surface area contributed by atoms with Gasteiger partial charge in [-0.15, -0.1) is 0 Å². The summed E-state index contributed by atoms with van der Waals surface area (Å²) in [6.45, 7) is 1.78. The van der Waals surface area contributed by atoms with Gasteiger partial charge in [0.15, 0.2) is 0 Å². The molecule has 90 valence electrons. The molecule has 1 heterocycles. The molecule has 0 spiro atoms. The molecule has 0 saturated carbocycles. The molecule has 2 aromatic rings. The Hall–Kier alpha value is -1.30. The van der Waals surface area contributed by atoms with E-state index in [1.165, 1.54) is 0 Å². The van der Waals surface area contributed by atoms with Gasteiger partial charge >= 0.3 is 6.18 Å². The number of nitrogen functional groups attached to an aromatic ring is 1. The average Bonchev–Trinajstić information content (AvgIpc) is 2.21. The number of pyridine rings is 1. The molecular weight excluding hydrogens is 297 g/mol. The number of benzene rings is 1. The molecule has 0 fully saturated rings. The molecule has 0 atom stereocenters. The minimum absolute atomic E-state index is 0.0844. The van der Waals surface area contributed by atoms with E-state index in [1.54, 1.807) is 19.1 Å². The minimum Gasteiger partial charge on any atom is -0.398 e. The first-order chi connectivity index (χ1) is 7.80. The van der Waals surface area contributed by atoms with Gasteiger partial charge in [-0.2, -0.15) is 13.2 Å². The van der Waals surface area contributed by atoms with Crippen LogP contribution in [0.25, 0.3) is 10.9 Å². The largest absolute Gasteiger partial charge is 0.433 e. The highest BCUT2D eigenvalue weighted by Crippen LogP contribution is 2.35. The van der Waals surface area contributed by atoms with Crippen LogP contribution in [0.15, 0.2) is 22.7 Å². The van der Waals surface area contributed by atoms with E-state index in [0.29, 0.717) is 9.86 Å². The van der Waals surface area contributed by atoms with E-state index >= 15 is 0 Å². The summed E-state index contributed by atoms with van der Waals surface area (Å²) in [6, 6.07) is 4.30. The summed E-state index contributed by atoms with van der Waals surface area (Å²) < 4.78 is 38.3. The number of rotatable bonds is 0. The number of aromatic nitrogens is 1. The SMILES string of the molecule is Cc1ccc(Br)c2nc(C(F)(F)F)cc(N)c12. The third-order valence-electron chi connectivity index (χ3n) is 2.44. The van der Waals surface area contributed by atoms with Gasteiger partial charge in [0.2, 0.25) is 0 Å². The zero-order chi connectivity index (χ0) is 12.8. The number of fused-ring (bicyclic) bond motifs is 1. The van der Waals surface area contributed by atoms with Crippen molar-refractivity contribution in [3.8, 4) is 0 Å². The minimum atomic E-state index is -4.49. The second-order valence-electron chi connectivity index (χ2n) is 3.68. The molecule has 2 N–H and O–H groups in total. The second-order valence-corrected chi connectivity index (χ2v) is 4.54. The summed E-state index contributed by atoms with van der Waals surface area (Å²) in [6.07, 6.45) is -4.49. The highest BCUT2D eigenvalue weighted by molar-refractivity contribution is 9.10. The monoisotopic (exact) mass is 304 g/mol. The molecule has 1 aromatic carbocycles. The van der Waals surface area contributed by atoms with Gasteiger partial charge in [0.25, 0.3) is 0 Å². The van der Waals surface area contributed by atoms with Crippen LogP contribution in [0.2, 0.25) is 0 Å². The molecule has 2 nitrogen and oxygen atoms in total. The number of nitrogens with two attached hydrogens (primary N) is 1. The van der Waals surface area contributed by atoms with Crippen molar-refractivity contribution in [2.24, 2.45) is 0 Å². The standard InChI is InChI=1S/C11H8BrF3N2/c1-5-2-3-6(12)10-9(5)7(16)4-8(17-10)11(13,14)15/h2-4H,1H3,(H2,16,17). The lowest BCUT2D eigenvalue weighted by atomic mass is 10.1. The van der Waals surface area contributed by atoms with Gasteiger partial charge in [-0.3, -0.25) is 0 Å². The first-order valence-electron chi connectivity index (χ1n) is 4.73. The maximum Gasteiger partial charge on any atom is 0.433 e. The molecule has 0 saturated heterocycles. The predicted octanol–water partition coefficient (Wildman–Crippen LogP) is 3.91. The molecule has 0 aliphatic rings. The van der Waals surface area contributed by atoms with Gasteiger partial charge in [0.05, 0.1) is 5.52 Å². The number of nitrogens with zero attached hydrogens (tertiary/aromatic N) is 1. The van der Waals surface area contributed by atoms with Crippen molar-refractivity contribution in [3.63, 3.8) is 0 Å². The van der Waals surface area contributed by atoms with Crippen LogP contribution >= 0.6 is 15.9 Å². The average molecular weight is 305 g/mol. The highest BCUT2D eigenvalue weighted by atomic mass is 79.9. The predicted molar refractivity (Wildman–Crippen MR) is 63.6 cm³/mol. The first-order valence-corrected chi connectivity index (χ1v) is 5.52. The van der Waals surface area contributed by atoms with E-state index in [1.807, 2.05) is 0 Å². The van der Waals surface area contributed by atoms with Crippen molar-refractivity contribution < 1.29 is 13.2 Å². The number of anilines is 1. The zero-order valence-electron chi connectivity index (χ0n) is 8.77. The summed E-state index contributed by atoms with van der Waals surface area (Å²) in [5, 5.41) is 0.548. The Morgan fingerprint density at radius 1 is 1.29 bits per heavy atom. The Kier molecular flexibility index (Phi) is 2.77. The van der Waals surface area contributed by atoms with Gasteiger partial charge in [0.1, 0.15) is 5.69 Å². The normalized spacial score (nSPS) is 12.1. The van der Waals surface area contributed by atoms with Crippen molar-refractivity contribution in [2.45, 2.75) is 13.1 Å². The van der Waals surface area contributed by atoms with Crippen LogP contribution in [0.4, 0.5) is 18.9 Å². The third kappa shape index (κ3) is 2.09. The van der Waals surface area contributed by atoms with Crippen molar-refractivity contribution in [2.75, 3.05) is 5.73 Å². The Morgan fingerprint density at radius 3 is 2.53 bits per heavy atom. The lowest BCUT2D eigenvalue weighted by Crippen LogP contribution is -2.09. The molecule has 17 heavy (non-hydrogen) atoms. The van der Waals surface area contributed by atoms with Crippen LogP contribution in [-0.4, -0.2) is 4.98 Å². The van der Waals surface area contributed by atoms with Crippen LogP contribution in [0.3, 0.4) is 0 Å². The van der Waals surface area contributed by atoms with E-state index in [2.05, 4.69) is 20.9 Å². The Bertz CT molecular complexity index is 593. The smallest absolute Gasteiger partial charge is 0.398 e. The van der Waals surface area contributed by atoms with Crippen molar-refractivity contribution in [3.05, 3.63) is 33.9 Å². The maximum atomic E-state index is 12.6. The Balaban J connectivity index is 2.87. The van der Waals surface area contributed by atoms with Gasteiger partial charge in [0, 0.05) is 15.5 Å². The number of alkyl halides is 3. The van der Waals surface area contributed by atoms with Crippen LogP contribution in [-0.2, 0) is 6.18 Å². The van der Waals surface area contributed by atoms with E-state index in [4.69, 9.17) is 5.73 Å². The topological polar surface area (TPSA) is 38.9 Å². The number of hydrogen-bond donors (Lipinski definition) is 1. The van der Waals surface area contributed by atoms with E-state index in [9.17, 15) is 13.2 Å². The molecular formula is C11H8BrF3N2. The summed E-state index contributed by atoms with van der Waals surface area (Å²) in [5.74, 6) is 0. The summed E-state index contributed by atoms with van der Waals surface area (Å²) in [5.41, 5.74) is 5.80. The van der Waals surface area contributed by atoms with Gasteiger partial charge in [-0.05, 0) is 40.5 Å². The molecule has 2 rings (SSSR count). The Labute approximate surface area is 104 Å². The maximum absolute atomic E-state index is 12.6. The fourth-order valence-electron chi connectivity index (χ4n) is 1.66. The molecule has 1 aromatic heterocycles. The van der Waals surface area contributed by atoms with Crippen LogP contribution in [0.1, 0.15) is 11.3 Å². The summed E-state index contributed by atoms with van der Waals surface area (Å²) in [7, 11) is 0. The summed E-state index contributed by atoms with van der Waals surface area (Å²) in [4.78, 5) is 3.62. The summed E-state index contributed by atoms with van der Waals surface area (Å²) >= 11 is 3.18. The first kappa shape index (κ1) is 12.2. The lowest BCUT2D eigenvalue weighted by molar-refractivity contribution is -0.140. The van der Waals surface area contributed by atoms with Gasteiger partial charge < -0.3 is 5.73 Å². The molecule has 0 aliphatic carbocycles. The van der Waals surface area contributed by atoms with E-state index in [-0.39, 0.29) is 11.2 Å². The molecule has 0 radical (unpaired) electrons. The van der Waals surface area contributed by atoms with Gasteiger partial charge in [-0.1, -0.05) is 6.07 Å². The van der Waals surface area contributed by atoms with Crippen LogP contribution < -0.4 is 5.73 Å². The van der Waals surface area contributed by atoms with Gasteiger partial charge in [-0.25, -0.2) is 4.98 Å². The molecule has 0 bridgehead atoms. The highest BCUT2D eigenvalue weighted by Gasteiger charge is 2.33. The zero-order valence-corrected chi connectivity index (χ0v) is 10.4. The number of hydrogen-bond acceptors (Lipinski definition) is 2. The molecule has 6 heteroatoms. The van der Waals surface area contributed by atoms with E-state index in [0.717, 1.165) is 11.6 Å². The molecule has 0 aliphatic heterocycles. The number of halogens is 4. The lowest BCUT2D eigenvalue weighted by Gasteiger charge is -2.11. The second kappa shape index (κ2) is 3.87. The fraction of sp³-hybridized carbons (Fsp3) is 0.182. The number of aryl methyl sites for hydroxylation is 1. The van der Waals surface area contributed by atoms with Crippen molar-refractivity contribution in [1.82, 2.24) is 4.98 Å². The van der Waals surface area contributed by atoms with Crippen LogP contribution in [0, 0.1) is 6.92 Å². The molecule has 0 amide bonds. The van der Waals surface area contributed by atoms with Crippen LogP contribution in [0.5, 0.6) is 0 Å².